The molecule has 0 spiro atoms. The third-order valence-electron chi connectivity index (χ3n) is 3.06. The van der Waals surface area contributed by atoms with Gasteiger partial charge >= 0.3 is 0 Å². The number of aliphatic hydroxyl groups excluding tert-OH is 2. The van der Waals surface area contributed by atoms with Gasteiger partial charge in [-0.25, -0.2) is 0 Å². The van der Waals surface area contributed by atoms with Crippen molar-refractivity contribution in [2.45, 2.75) is 44.6 Å². The fourth-order valence-electron chi connectivity index (χ4n) is 2.18. The first-order valence-corrected chi connectivity index (χ1v) is 5.84. The molecule has 0 unspecified atom stereocenters. The summed E-state index contributed by atoms with van der Waals surface area (Å²) in [7, 11) is 0. The Morgan fingerprint density at radius 3 is 2.57 bits per heavy atom. The average Bonchev–Trinajstić information content (AvgIpc) is 2.65. The highest BCUT2D eigenvalue weighted by atomic mass is 16.3. The molecule has 1 saturated heterocycles. The van der Waals surface area contributed by atoms with Gasteiger partial charge in [-0.2, -0.15) is 0 Å². The second kappa shape index (κ2) is 7.21. The summed E-state index contributed by atoms with van der Waals surface area (Å²) >= 11 is 0. The molecule has 1 aliphatic heterocycles. The average molecular weight is 201 g/mol. The Kier molecular flexibility index (Phi) is 6.15. The van der Waals surface area contributed by atoms with Crippen LogP contribution >= 0.6 is 0 Å². The molecule has 0 bridgehead atoms. The van der Waals surface area contributed by atoms with Crippen molar-refractivity contribution < 1.29 is 10.2 Å². The van der Waals surface area contributed by atoms with E-state index in [-0.39, 0.29) is 0 Å². The SMILES string of the molecule is OCCCCCCN1CCC[C@H]1CO. The number of likely N-dealkylation sites (tertiary alicyclic amines) is 1. The van der Waals surface area contributed by atoms with E-state index in [1.165, 1.54) is 19.3 Å². The lowest BCUT2D eigenvalue weighted by molar-refractivity contribution is 0.156. The van der Waals surface area contributed by atoms with Gasteiger partial charge in [0.15, 0.2) is 0 Å². The third kappa shape index (κ3) is 3.95. The van der Waals surface area contributed by atoms with Crippen molar-refractivity contribution in [2.75, 3.05) is 26.3 Å². The first-order chi connectivity index (χ1) is 6.88. The van der Waals surface area contributed by atoms with Crippen molar-refractivity contribution in [3.05, 3.63) is 0 Å². The van der Waals surface area contributed by atoms with Gasteiger partial charge < -0.3 is 10.2 Å². The summed E-state index contributed by atoms with van der Waals surface area (Å²) in [5, 5.41) is 17.7. The largest absolute Gasteiger partial charge is 0.396 e. The smallest absolute Gasteiger partial charge is 0.0586 e. The zero-order chi connectivity index (χ0) is 10.2. The lowest BCUT2D eigenvalue weighted by atomic mass is 10.2. The minimum atomic E-state index is 0.316. The Morgan fingerprint density at radius 2 is 1.86 bits per heavy atom. The normalized spacial score (nSPS) is 23.1. The Morgan fingerprint density at radius 1 is 1.07 bits per heavy atom. The lowest BCUT2D eigenvalue weighted by Gasteiger charge is -2.22. The molecule has 0 aliphatic carbocycles. The number of unbranched alkanes of at least 4 members (excludes halogenated alkanes) is 3. The minimum absolute atomic E-state index is 0.316. The maximum absolute atomic E-state index is 9.10. The van der Waals surface area contributed by atoms with E-state index in [2.05, 4.69) is 4.90 Å². The monoisotopic (exact) mass is 201 g/mol. The number of hydrogen-bond acceptors (Lipinski definition) is 3. The van der Waals surface area contributed by atoms with Crippen molar-refractivity contribution in [2.24, 2.45) is 0 Å². The molecular formula is C11H23NO2. The van der Waals surface area contributed by atoms with Gasteiger partial charge in [0.2, 0.25) is 0 Å². The van der Waals surface area contributed by atoms with Crippen LogP contribution in [0.1, 0.15) is 38.5 Å². The second-order valence-electron chi connectivity index (χ2n) is 4.15. The maximum Gasteiger partial charge on any atom is 0.0586 e. The van der Waals surface area contributed by atoms with E-state index in [0.29, 0.717) is 19.3 Å². The number of aliphatic hydroxyl groups is 2. The van der Waals surface area contributed by atoms with E-state index in [9.17, 15) is 0 Å². The molecule has 1 fully saturated rings. The summed E-state index contributed by atoms with van der Waals surface area (Å²) in [5.41, 5.74) is 0. The Bertz CT molecular complexity index is 141. The maximum atomic E-state index is 9.10. The van der Waals surface area contributed by atoms with Crippen molar-refractivity contribution in [1.29, 1.82) is 0 Å². The molecule has 3 nitrogen and oxygen atoms in total. The van der Waals surface area contributed by atoms with Crippen LogP contribution in [0.2, 0.25) is 0 Å². The summed E-state index contributed by atoms with van der Waals surface area (Å²) in [6.07, 6.45) is 6.87. The van der Waals surface area contributed by atoms with Crippen LogP contribution in [0.5, 0.6) is 0 Å². The summed E-state index contributed by atoms with van der Waals surface area (Å²) in [5.74, 6) is 0. The van der Waals surface area contributed by atoms with Crippen LogP contribution in [-0.2, 0) is 0 Å². The molecule has 14 heavy (non-hydrogen) atoms. The van der Waals surface area contributed by atoms with Crippen molar-refractivity contribution in [3.63, 3.8) is 0 Å². The van der Waals surface area contributed by atoms with Gasteiger partial charge in [-0.15, -0.1) is 0 Å². The second-order valence-corrected chi connectivity index (χ2v) is 4.15. The summed E-state index contributed by atoms with van der Waals surface area (Å²) in [4.78, 5) is 2.40. The van der Waals surface area contributed by atoms with Crippen molar-refractivity contribution >= 4 is 0 Å². The van der Waals surface area contributed by atoms with Crippen LogP contribution in [0.15, 0.2) is 0 Å². The molecule has 2 N–H and O–H groups in total. The summed E-state index contributed by atoms with van der Waals surface area (Å²) < 4.78 is 0. The standard InChI is InChI=1S/C11H23NO2/c13-9-4-2-1-3-7-12-8-5-6-11(12)10-14/h11,13-14H,1-10H2/t11-/m0/s1. The van der Waals surface area contributed by atoms with Crippen LogP contribution < -0.4 is 0 Å². The van der Waals surface area contributed by atoms with Crippen LogP contribution in [0.25, 0.3) is 0 Å². The first kappa shape index (κ1) is 12.0. The molecule has 0 saturated carbocycles. The zero-order valence-corrected chi connectivity index (χ0v) is 8.99. The fraction of sp³-hybridized carbons (Fsp3) is 1.00. The van der Waals surface area contributed by atoms with Crippen LogP contribution in [0.3, 0.4) is 0 Å². The van der Waals surface area contributed by atoms with Gasteiger partial charge in [0, 0.05) is 12.6 Å². The van der Waals surface area contributed by atoms with E-state index in [1.807, 2.05) is 0 Å². The topological polar surface area (TPSA) is 43.7 Å². The predicted octanol–water partition coefficient (Wildman–Crippen LogP) is 0.996. The number of hydrogen-bond donors (Lipinski definition) is 2. The Hall–Kier alpha value is -0.120. The van der Waals surface area contributed by atoms with E-state index in [1.54, 1.807) is 0 Å². The molecule has 0 aromatic carbocycles. The quantitative estimate of drug-likeness (QED) is 0.604. The Balaban J connectivity index is 2.00. The van der Waals surface area contributed by atoms with Crippen LogP contribution in [-0.4, -0.2) is 47.5 Å². The molecule has 1 aliphatic rings. The van der Waals surface area contributed by atoms with E-state index < -0.39 is 0 Å². The van der Waals surface area contributed by atoms with Crippen molar-refractivity contribution in [3.8, 4) is 0 Å². The molecule has 1 heterocycles. The zero-order valence-electron chi connectivity index (χ0n) is 8.99. The van der Waals surface area contributed by atoms with Gasteiger partial charge in [-0.05, 0) is 38.8 Å². The van der Waals surface area contributed by atoms with Crippen LogP contribution in [0, 0.1) is 0 Å². The predicted molar refractivity (Wildman–Crippen MR) is 57.2 cm³/mol. The van der Waals surface area contributed by atoms with Gasteiger partial charge in [-0.1, -0.05) is 12.8 Å². The van der Waals surface area contributed by atoms with Gasteiger partial charge in [-0.3, -0.25) is 4.90 Å². The molecule has 84 valence electrons. The first-order valence-electron chi connectivity index (χ1n) is 5.84. The molecule has 0 aromatic heterocycles. The molecular weight excluding hydrogens is 178 g/mol. The molecule has 1 rings (SSSR count). The summed E-state index contributed by atoms with van der Waals surface area (Å²) in [6.45, 7) is 2.92. The fourth-order valence-corrected chi connectivity index (χ4v) is 2.18. The molecule has 3 heteroatoms. The minimum Gasteiger partial charge on any atom is -0.396 e. The highest BCUT2D eigenvalue weighted by Crippen LogP contribution is 2.17. The van der Waals surface area contributed by atoms with Gasteiger partial charge in [0.05, 0.1) is 6.61 Å². The Labute approximate surface area is 86.7 Å². The molecule has 1 atom stereocenters. The number of rotatable bonds is 7. The van der Waals surface area contributed by atoms with E-state index in [4.69, 9.17) is 10.2 Å². The third-order valence-corrected chi connectivity index (χ3v) is 3.06. The molecule has 0 aromatic rings. The highest BCUT2D eigenvalue weighted by molar-refractivity contribution is 4.77. The highest BCUT2D eigenvalue weighted by Gasteiger charge is 2.22. The number of nitrogens with zero attached hydrogens (tertiary/aromatic N) is 1. The van der Waals surface area contributed by atoms with Gasteiger partial charge in [0.1, 0.15) is 0 Å². The van der Waals surface area contributed by atoms with E-state index >= 15 is 0 Å². The van der Waals surface area contributed by atoms with E-state index in [0.717, 1.165) is 32.4 Å². The van der Waals surface area contributed by atoms with Crippen molar-refractivity contribution in [1.82, 2.24) is 4.90 Å². The summed E-state index contributed by atoms with van der Waals surface area (Å²) in [6, 6.07) is 0.424. The lowest BCUT2D eigenvalue weighted by Crippen LogP contribution is -2.32. The van der Waals surface area contributed by atoms with Crippen LogP contribution in [0.4, 0.5) is 0 Å². The van der Waals surface area contributed by atoms with Gasteiger partial charge in [0.25, 0.3) is 0 Å². The molecule has 0 radical (unpaired) electrons. The molecule has 0 amide bonds.